The Bertz CT molecular complexity index is 665. The van der Waals surface area contributed by atoms with Crippen LogP contribution in [0.4, 0.5) is 19.3 Å². The van der Waals surface area contributed by atoms with Crippen LogP contribution in [0.5, 0.6) is 5.75 Å². The zero-order chi connectivity index (χ0) is 16.8. The normalized spacial score (nSPS) is 10.5. The molecule has 0 unspecified atom stereocenters. The highest BCUT2D eigenvalue weighted by molar-refractivity contribution is 6.30. The summed E-state index contributed by atoms with van der Waals surface area (Å²) in [5.74, 6) is 0.0327. The number of hydrogen-bond acceptors (Lipinski definition) is 2. The maximum absolute atomic E-state index is 12.1. The van der Waals surface area contributed by atoms with E-state index in [9.17, 15) is 13.6 Å². The molecule has 0 atom stereocenters. The molecule has 7 heteroatoms. The van der Waals surface area contributed by atoms with Gasteiger partial charge in [-0.2, -0.15) is 8.78 Å². The molecule has 0 bridgehead atoms. The Morgan fingerprint density at radius 3 is 2.57 bits per heavy atom. The van der Waals surface area contributed by atoms with Gasteiger partial charge in [0.05, 0.1) is 0 Å². The van der Waals surface area contributed by atoms with Gasteiger partial charge < -0.3 is 15.0 Å². The van der Waals surface area contributed by atoms with Crippen LogP contribution in [-0.2, 0) is 6.54 Å². The number of benzene rings is 2. The van der Waals surface area contributed by atoms with E-state index in [1.54, 1.807) is 19.2 Å². The van der Waals surface area contributed by atoms with Gasteiger partial charge in [0.25, 0.3) is 0 Å². The van der Waals surface area contributed by atoms with Gasteiger partial charge >= 0.3 is 12.6 Å². The lowest BCUT2D eigenvalue weighted by atomic mass is 10.2. The second-order valence-corrected chi connectivity index (χ2v) is 5.26. The summed E-state index contributed by atoms with van der Waals surface area (Å²) in [4.78, 5) is 13.6. The molecule has 0 aliphatic heterocycles. The molecule has 0 spiro atoms. The van der Waals surface area contributed by atoms with Crippen LogP contribution in [0.1, 0.15) is 5.56 Å². The van der Waals surface area contributed by atoms with E-state index in [4.69, 9.17) is 11.6 Å². The quantitative estimate of drug-likeness (QED) is 0.863. The molecule has 0 aromatic heterocycles. The van der Waals surface area contributed by atoms with Crippen molar-refractivity contribution in [2.24, 2.45) is 0 Å². The lowest BCUT2D eigenvalue weighted by Crippen LogP contribution is -2.30. The number of ether oxygens (including phenoxy) is 1. The fraction of sp³-hybridized carbons (Fsp3) is 0.188. The van der Waals surface area contributed by atoms with Crippen molar-refractivity contribution in [1.29, 1.82) is 0 Å². The van der Waals surface area contributed by atoms with Crippen LogP contribution in [0.15, 0.2) is 48.5 Å². The third kappa shape index (κ3) is 5.41. The summed E-state index contributed by atoms with van der Waals surface area (Å²) in [5.41, 5.74) is 1.38. The highest BCUT2D eigenvalue weighted by atomic mass is 35.5. The second kappa shape index (κ2) is 7.78. The van der Waals surface area contributed by atoms with Gasteiger partial charge in [0, 0.05) is 24.3 Å². The molecule has 2 rings (SSSR count). The third-order valence-electron chi connectivity index (χ3n) is 2.99. The van der Waals surface area contributed by atoms with E-state index < -0.39 is 6.61 Å². The molecule has 0 heterocycles. The molecule has 0 radical (unpaired) electrons. The number of rotatable bonds is 5. The van der Waals surface area contributed by atoms with Crippen molar-refractivity contribution < 1.29 is 18.3 Å². The van der Waals surface area contributed by atoms with Crippen molar-refractivity contribution in [3.8, 4) is 5.75 Å². The first-order valence-corrected chi connectivity index (χ1v) is 7.13. The molecule has 1 N–H and O–H groups in total. The van der Waals surface area contributed by atoms with Gasteiger partial charge in [-0.1, -0.05) is 23.7 Å². The molecule has 0 fully saturated rings. The highest BCUT2D eigenvalue weighted by Gasteiger charge is 2.10. The zero-order valence-corrected chi connectivity index (χ0v) is 13.1. The lowest BCUT2D eigenvalue weighted by molar-refractivity contribution is -0.0498. The molecule has 122 valence electrons. The minimum Gasteiger partial charge on any atom is -0.435 e. The van der Waals surface area contributed by atoms with E-state index in [-0.39, 0.29) is 11.8 Å². The molecule has 23 heavy (non-hydrogen) atoms. The number of amides is 2. The maximum atomic E-state index is 12.1. The van der Waals surface area contributed by atoms with Crippen LogP contribution in [0, 0.1) is 0 Å². The molecule has 0 aliphatic rings. The molecule has 4 nitrogen and oxygen atoms in total. The first-order valence-electron chi connectivity index (χ1n) is 6.75. The summed E-state index contributed by atoms with van der Waals surface area (Å²) in [5, 5.41) is 3.27. The fourth-order valence-corrected chi connectivity index (χ4v) is 2.13. The Hall–Kier alpha value is -2.34. The molecule has 2 amide bonds. The van der Waals surface area contributed by atoms with Gasteiger partial charge in [-0.15, -0.1) is 0 Å². The summed E-state index contributed by atoms with van der Waals surface area (Å²) in [6.07, 6.45) is 0. The van der Waals surface area contributed by atoms with Crippen LogP contribution in [0.3, 0.4) is 0 Å². The van der Waals surface area contributed by atoms with E-state index >= 15 is 0 Å². The smallest absolute Gasteiger partial charge is 0.387 e. The second-order valence-electron chi connectivity index (χ2n) is 4.82. The van der Waals surface area contributed by atoms with Crippen LogP contribution in [0.25, 0.3) is 0 Å². The van der Waals surface area contributed by atoms with Gasteiger partial charge in [0.15, 0.2) is 0 Å². The number of carbonyl (C=O) groups excluding carboxylic acids is 1. The molecule has 2 aromatic carbocycles. The van der Waals surface area contributed by atoms with Crippen LogP contribution in [-0.4, -0.2) is 24.6 Å². The average molecular weight is 341 g/mol. The Kier molecular flexibility index (Phi) is 5.76. The number of nitrogens with one attached hydrogen (secondary N) is 1. The minimum absolute atomic E-state index is 0.0327. The van der Waals surface area contributed by atoms with E-state index in [0.717, 1.165) is 5.56 Å². The summed E-state index contributed by atoms with van der Waals surface area (Å²) in [7, 11) is 1.64. The maximum Gasteiger partial charge on any atom is 0.387 e. The molecule has 0 saturated carbocycles. The molecule has 0 saturated heterocycles. The average Bonchev–Trinajstić information content (AvgIpc) is 2.48. The van der Waals surface area contributed by atoms with Crippen molar-refractivity contribution in [2.75, 3.05) is 12.4 Å². The fourth-order valence-electron chi connectivity index (χ4n) is 1.92. The number of anilines is 1. The number of carbonyl (C=O) groups is 1. The number of urea groups is 1. The van der Waals surface area contributed by atoms with Gasteiger partial charge in [-0.3, -0.25) is 0 Å². The van der Waals surface area contributed by atoms with Crippen LogP contribution < -0.4 is 10.1 Å². The molecule has 2 aromatic rings. The van der Waals surface area contributed by atoms with Gasteiger partial charge in [0.1, 0.15) is 5.75 Å². The largest absolute Gasteiger partial charge is 0.435 e. The number of alkyl halides is 2. The topological polar surface area (TPSA) is 41.6 Å². The van der Waals surface area contributed by atoms with Gasteiger partial charge in [0.2, 0.25) is 0 Å². The Balaban J connectivity index is 1.92. The van der Waals surface area contributed by atoms with E-state index in [2.05, 4.69) is 10.1 Å². The minimum atomic E-state index is -2.88. The Morgan fingerprint density at radius 1 is 1.26 bits per heavy atom. The van der Waals surface area contributed by atoms with Crippen molar-refractivity contribution in [3.63, 3.8) is 0 Å². The predicted molar refractivity (Wildman–Crippen MR) is 85.0 cm³/mol. The van der Waals surface area contributed by atoms with Crippen LogP contribution >= 0.6 is 11.6 Å². The molecular weight excluding hydrogens is 326 g/mol. The predicted octanol–water partition coefficient (Wildman–Crippen LogP) is 4.61. The first kappa shape index (κ1) is 17.0. The summed E-state index contributed by atoms with van der Waals surface area (Å²) in [6.45, 7) is -2.49. The highest BCUT2D eigenvalue weighted by Crippen LogP contribution is 2.18. The first-order chi connectivity index (χ1) is 10.9. The summed E-state index contributed by atoms with van der Waals surface area (Å²) >= 11 is 5.90. The van der Waals surface area contributed by atoms with Crippen molar-refractivity contribution >= 4 is 23.3 Å². The SMILES string of the molecule is CN(Cc1cccc(Cl)c1)C(=O)Nc1ccc(OC(F)F)cc1. The summed E-state index contributed by atoms with van der Waals surface area (Å²) < 4.78 is 28.4. The number of halogens is 3. The van der Waals surface area contributed by atoms with Crippen molar-refractivity contribution in [3.05, 3.63) is 59.1 Å². The Morgan fingerprint density at radius 2 is 1.96 bits per heavy atom. The van der Waals surface area contributed by atoms with Gasteiger partial charge in [-0.05, 0) is 42.0 Å². The van der Waals surface area contributed by atoms with Crippen molar-refractivity contribution in [2.45, 2.75) is 13.2 Å². The molecule has 0 aliphatic carbocycles. The van der Waals surface area contributed by atoms with E-state index in [0.29, 0.717) is 17.3 Å². The lowest BCUT2D eigenvalue weighted by Gasteiger charge is -2.18. The summed E-state index contributed by atoms with van der Waals surface area (Å²) in [6, 6.07) is 12.6. The van der Waals surface area contributed by atoms with Crippen LogP contribution in [0.2, 0.25) is 5.02 Å². The van der Waals surface area contributed by atoms with Crippen molar-refractivity contribution in [1.82, 2.24) is 4.90 Å². The third-order valence-corrected chi connectivity index (χ3v) is 3.22. The van der Waals surface area contributed by atoms with E-state index in [1.165, 1.54) is 29.2 Å². The van der Waals surface area contributed by atoms with Gasteiger partial charge in [-0.25, -0.2) is 4.79 Å². The standard InChI is InChI=1S/C16H15ClF2N2O2/c1-21(10-11-3-2-4-12(17)9-11)16(22)20-13-5-7-14(8-6-13)23-15(18)19/h2-9,15H,10H2,1H3,(H,20,22). The zero-order valence-electron chi connectivity index (χ0n) is 12.3. The monoisotopic (exact) mass is 340 g/mol. The number of hydrogen-bond donors (Lipinski definition) is 1. The molecular formula is C16H15ClF2N2O2. The number of nitrogens with zero attached hydrogens (tertiary/aromatic N) is 1. The van der Waals surface area contributed by atoms with E-state index in [1.807, 2.05) is 12.1 Å². The Labute approximate surface area is 137 Å².